The summed E-state index contributed by atoms with van der Waals surface area (Å²) in [5, 5.41) is 2.96. The molecule has 0 spiro atoms. The largest absolute Gasteiger partial charge is 0.338 e. The number of halogens is 3. The Morgan fingerprint density at radius 2 is 1.91 bits per heavy atom. The van der Waals surface area contributed by atoms with Crippen molar-refractivity contribution in [2.75, 3.05) is 7.05 Å². The second-order valence-corrected chi connectivity index (χ2v) is 7.21. The van der Waals surface area contributed by atoms with Gasteiger partial charge in [0.1, 0.15) is 5.54 Å². The number of rotatable bonds is 4. The van der Waals surface area contributed by atoms with Gasteiger partial charge in [-0.2, -0.15) is 0 Å². The molecule has 1 aromatic heterocycles. The molecule has 0 aliphatic carbocycles. The Balaban J connectivity index is 0.00000242. The van der Waals surface area contributed by atoms with Crippen LogP contribution in [0.25, 0.3) is 0 Å². The van der Waals surface area contributed by atoms with E-state index in [0.717, 1.165) is 20.7 Å². The maximum Gasteiger partial charge on any atom is 0.247 e. The lowest BCUT2D eigenvalue weighted by atomic mass is 9.92. The van der Waals surface area contributed by atoms with Crippen LogP contribution < -0.4 is 5.73 Å². The SMILES string of the molecule is Cc1nc(CN(C)C(=O)C(C)(N)c2ccc(Br)cc2)cs1.Cl.Cl. The Labute approximate surface area is 161 Å². The Morgan fingerprint density at radius 1 is 1.35 bits per heavy atom. The number of likely N-dealkylation sites (N-methyl/N-ethyl adjacent to an activating group) is 1. The van der Waals surface area contributed by atoms with E-state index in [1.54, 1.807) is 30.2 Å². The summed E-state index contributed by atoms with van der Waals surface area (Å²) < 4.78 is 0.959. The second kappa shape index (κ2) is 8.99. The molecule has 1 atom stereocenters. The molecular weight excluding hydrogens is 421 g/mol. The molecule has 23 heavy (non-hydrogen) atoms. The summed E-state index contributed by atoms with van der Waals surface area (Å²) in [6, 6.07) is 7.50. The number of aromatic nitrogens is 1. The molecule has 128 valence electrons. The van der Waals surface area contributed by atoms with Gasteiger partial charge in [0.05, 0.1) is 17.2 Å². The third-order valence-electron chi connectivity index (χ3n) is 3.30. The van der Waals surface area contributed by atoms with Gasteiger partial charge in [-0.25, -0.2) is 4.98 Å². The number of nitrogens with two attached hydrogens (primary N) is 1. The molecule has 2 rings (SSSR count). The zero-order chi connectivity index (χ0) is 15.6. The van der Waals surface area contributed by atoms with Crippen molar-refractivity contribution in [1.82, 2.24) is 9.88 Å². The van der Waals surface area contributed by atoms with Gasteiger partial charge in [0.25, 0.3) is 0 Å². The molecule has 0 aliphatic rings. The molecule has 0 radical (unpaired) electrons. The van der Waals surface area contributed by atoms with Crippen LogP contribution in [0.1, 0.15) is 23.2 Å². The van der Waals surface area contributed by atoms with Gasteiger partial charge in [-0.05, 0) is 31.5 Å². The molecule has 4 nitrogen and oxygen atoms in total. The molecule has 1 aromatic carbocycles. The third-order valence-corrected chi connectivity index (χ3v) is 4.65. The quantitative estimate of drug-likeness (QED) is 0.784. The standard InChI is InChI=1S/C15H18BrN3OS.2ClH/c1-10-18-13(9-21-10)8-19(3)14(20)15(2,17)11-4-6-12(16)7-5-11;;/h4-7,9H,8,17H2,1-3H3;2*1H. The number of benzene rings is 1. The first kappa shape index (κ1) is 22.3. The van der Waals surface area contributed by atoms with E-state index in [1.165, 1.54) is 0 Å². The van der Waals surface area contributed by atoms with Crippen molar-refractivity contribution >= 4 is 58.0 Å². The summed E-state index contributed by atoms with van der Waals surface area (Å²) >= 11 is 4.96. The number of nitrogens with zero attached hydrogens (tertiary/aromatic N) is 2. The van der Waals surface area contributed by atoms with Gasteiger partial charge in [0.15, 0.2) is 0 Å². The molecule has 2 aromatic rings. The average Bonchev–Trinajstić information content (AvgIpc) is 2.83. The van der Waals surface area contributed by atoms with E-state index >= 15 is 0 Å². The summed E-state index contributed by atoms with van der Waals surface area (Å²) in [7, 11) is 1.75. The minimum atomic E-state index is -1.06. The number of hydrogen-bond donors (Lipinski definition) is 1. The van der Waals surface area contributed by atoms with Gasteiger partial charge in [-0.1, -0.05) is 28.1 Å². The van der Waals surface area contributed by atoms with E-state index < -0.39 is 5.54 Å². The van der Waals surface area contributed by atoms with Gasteiger partial charge in [-0.15, -0.1) is 36.2 Å². The number of carbonyl (C=O) groups is 1. The number of thiazole rings is 1. The minimum Gasteiger partial charge on any atom is -0.338 e. The Kier molecular flexibility index (Phi) is 8.73. The van der Waals surface area contributed by atoms with E-state index in [2.05, 4.69) is 20.9 Å². The Hall–Kier alpha value is -0.660. The van der Waals surface area contributed by atoms with Crippen molar-refractivity contribution in [2.45, 2.75) is 25.9 Å². The van der Waals surface area contributed by atoms with Crippen molar-refractivity contribution < 1.29 is 4.79 Å². The van der Waals surface area contributed by atoms with Crippen LogP contribution in [0.2, 0.25) is 0 Å². The fourth-order valence-corrected chi connectivity index (χ4v) is 2.98. The van der Waals surface area contributed by atoms with Gasteiger partial charge in [0, 0.05) is 16.9 Å². The lowest BCUT2D eigenvalue weighted by Gasteiger charge is -2.29. The molecule has 2 N–H and O–H groups in total. The van der Waals surface area contributed by atoms with Crippen molar-refractivity contribution in [3.63, 3.8) is 0 Å². The van der Waals surface area contributed by atoms with Gasteiger partial charge < -0.3 is 10.6 Å². The van der Waals surface area contributed by atoms with E-state index in [1.807, 2.05) is 36.6 Å². The molecule has 1 amide bonds. The van der Waals surface area contributed by atoms with Crippen LogP contribution in [-0.4, -0.2) is 22.8 Å². The van der Waals surface area contributed by atoms with Crippen LogP contribution in [-0.2, 0) is 16.9 Å². The fraction of sp³-hybridized carbons (Fsp3) is 0.333. The Bertz CT molecular complexity index is 646. The molecule has 8 heteroatoms. The predicted molar refractivity (Wildman–Crippen MR) is 104 cm³/mol. The van der Waals surface area contributed by atoms with Gasteiger partial charge in [0.2, 0.25) is 5.91 Å². The normalized spacial score (nSPS) is 12.6. The number of amides is 1. The van der Waals surface area contributed by atoms with E-state index in [0.29, 0.717) is 6.54 Å². The molecule has 1 unspecified atom stereocenters. The highest BCUT2D eigenvalue weighted by atomic mass is 79.9. The third kappa shape index (κ3) is 5.43. The number of hydrogen-bond acceptors (Lipinski definition) is 4. The monoisotopic (exact) mass is 439 g/mol. The van der Waals surface area contributed by atoms with E-state index in [-0.39, 0.29) is 30.7 Å². The zero-order valence-corrected chi connectivity index (χ0v) is 17.1. The van der Waals surface area contributed by atoms with Crippen molar-refractivity contribution in [3.05, 3.63) is 50.4 Å². The van der Waals surface area contributed by atoms with Crippen LogP contribution in [0.4, 0.5) is 0 Å². The first-order valence-corrected chi connectivity index (χ1v) is 8.19. The van der Waals surface area contributed by atoms with E-state index in [4.69, 9.17) is 5.73 Å². The van der Waals surface area contributed by atoms with Crippen LogP contribution in [0, 0.1) is 6.92 Å². The molecule has 0 bridgehead atoms. The predicted octanol–water partition coefficient (Wildman–Crippen LogP) is 3.89. The first-order chi connectivity index (χ1) is 9.80. The summed E-state index contributed by atoms with van der Waals surface area (Å²) in [6.45, 7) is 4.15. The molecule has 0 saturated carbocycles. The highest BCUT2D eigenvalue weighted by Gasteiger charge is 2.33. The van der Waals surface area contributed by atoms with Gasteiger partial charge >= 0.3 is 0 Å². The van der Waals surface area contributed by atoms with Crippen molar-refractivity contribution in [1.29, 1.82) is 0 Å². The zero-order valence-electron chi connectivity index (χ0n) is 13.1. The summed E-state index contributed by atoms with van der Waals surface area (Å²) in [4.78, 5) is 18.6. The summed E-state index contributed by atoms with van der Waals surface area (Å²) in [6.07, 6.45) is 0. The summed E-state index contributed by atoms with van der Waals surface area (Å²) in [5.41, 5.74) is 6.89. The smallest absolute Gasteiger partial charge is 0.247 e. The number of carbonyl (C=O) groups excluding carboxylic acids is 1. The van der Waals surface area contributed by atoms with E-state index in [9.17, 15) is 4.79 Å². The maximum absolute atomic E-state index is 12.6. The second-order valence-electron chi connectivity index (χ2n) is 5.23. The topological polar surface area (TPSA) is 59.2 Å². The highest BCUT2D eigenvalue weighted by Crippen LogP contribution is 2.23. The lowest BCUT2D eigenvalue weighted by molar-refractivity contribution is -0.136. The Morgan fingerprint density at radius 3 is 2.39 bits per heavy atom. The average molecular weight is 441 g/mol. The fourth-order valence-electron chi connectivity index (χ4n) is 2.11. The molecular formula is C15H20BrCl2N3OS. The highest BCUT2D eigenvalue weighted by molar-refractivity contribution is 9.10. The summed E-state index contributed by atoms with van der Waals surface area (Å²) in [5.74, 6) is -0.129. The van der Waals surface area contributed by atoms with Crippen molar-refractivity contribution in [2.24, 2.45) is 5.73 Å². The maximum atomic E-state index is 12.6. The molecule has 0 aliphatic heterocycles. The lowest BCUT2D eigenvalue weighted by Crippen LogP contribution is -2.49. The molecule has 0 fully saturated rings. The van der Waals surface area contributed by atoms with Crippen molar-refractivity contribution in [3.8, 4) is 0 Å². The molecule has 0 saturated heterocycles. The minimum absolute atomic E-state index is 0. The first-order valence-electron chi connectivity index (χ1n) is 6.52. The van der Waals surface area contributed by atoms with Crippen LogP contribution in [0.5, 0.6) is 0 Å². The molecule has 1 heterocycles. The van der Waals surface area contributed by atoms with Crippen LogP contribution in [0.15, 0.2) is 34.1 Å². The van der Waals surface area contributed by atoms with Gasteiger partial charge in [-0.3, -0.25) is 4.79 Å². The van der Waals surface area contributed by atoms with Crippen LogP contribution in [0.3, 0.4) is 0 Å². The van der Waals surface area contributed by atoms with Crippen LogP contribution >= 0.6 is 52.1 Å². The number of aryl methyl sites for hydroxylation is 1.